The molecule has 0 aromatic heterocycles. The van der Waals surface area contributed by atoms with Gasteiger partial charge in [0, 0.05) is 12.3 Å². The Hall–Kier alpha value is -0.170. The summed E-state index contributed by atoms with van der Waals surface area (Å²) in [6.07, 6.45) is 4.93. The predicted molar refractivity (Wildman–Crippen MR) is 38.8 cm³/mol. The molecule has 9 heavy (non-hydrogen) atoms. The Labute approximate surface area is 60.3 Å². The van der Waals surface area contributed by atoms with Crippen LogP contribution < -0.4 is 0 Å². The van der Waals surface area contributed by atoms with E-state index in [4.69, 9.17) is 16.7 Å². The van der Waals surface area contributed by atoms with Gasteiger partial charge in [-0.1, -0.05) is 0 Å². The van der Waals surface area contributed by atoms with E-state index in [0.717, 1.165) is 19.3 Å². The molecule has 0 aromatic carbocycles. The SMILES string of the molecule is OC1=CC(CCl)CCC1. The van der Waals surface area contributed by atoms with Gasteiger partial charge in [-0.15, -0.1) is 11.6 Å². The van der Waals surface area contributed by atoms with Crippen molar-refractivity contribution < 1.29 is 5.11 Å². The Morgan fingerprint density at radius 3 is 3.00 bits per heavy atom. The van der Waals surface area contributed by atoms with E-state index >= 15 is 0 Å². The third-order valence-electron chi connectivity index (χ3n) is 1.63. The Balaban J connectivity index is 2.47. The Bertz CT molecular complexity index is 120. The van der Waals surface area contributed by atoms with Crippen LogP contribution in [-0.4, -0.2) is 11.0 Å². The van der Waals surface area contributed by atoms with Crippen LogP contribution in [0.2, 0.25) is 0 Å². The number of hydrogen-bond acceptors (Lipinski definition) is 1. The minimum Gasteiger partial charge on any atom is -0.513 e. The molecule has 1 atom stereocenters. The van der Waals surface area contributed by atoms with Crippen LogP contribution in [0.4, 0.5) is 0 Å². The van der Waals surface area contributed by atoms with E-state index < -0.39 is 0 Å². The third-order valence-corrected chi connectivity index (χ3v) is 2.03. The van der Waals surface area contributed by atoms with Gasteiger partial charge in [0.05, 0.1) is 5.76 Å². The number of allylic oxidation sites excluding steroid dienone is 2. The van der Waals surface area contributed by atoms with Crippen molar-refractivity contribution in [3.05, 3.63) is 11.8 Å². The maximum absolute atomic E-state index is 9.01. The minimum atomic E-state index is 0.417. The summed E-state index contributed by atoms with van der Waals surface area (Å²) in [4.78, 5) is 0. The van der Waals surface area contributed by atoms with Crippen molar-refractivity contribution >= 4 is 11.6 Å². The summed E-state index contributed by atoms with van der Waals surface area (Å²) in [7, 11) is 0. The molecule has 1 N–H and O–H groups in total. The molecule has 1 aliphatic rings. The number of alkyl halides is 1. The normalized spacial score (nSPS) is 27.7. The number of rotatable bonds is 1. The fourth-order valence-corrected chi connectivity index (χ4v) is 1.35. The van der Waals surface area contributed by atoms with E-state index in [2.05, 4.69) is 0 Å². The average Bonchev–Trinajstić information content (AvgIpc) is 1.88. The summed E-state index contributed by atoms with van der Waals surface area (Å²) in [5.74, 6) is 1.58. The molecular weight excluding hydrogens is 136 g/mol. The highest BCUT2D eigenvalue weighted by molar-refractivity contribution is 6.18. The van der Waals surface area contributed by atoms with Crippen LogP contribution in [0, 0.1) is 5.92 Å². The van der Waals surface area contributed by atoms with Crippen LogP contribution >= 0.6 is 11.6 Å². The van der Waals surface area contributed by atoms with Crippen molar-refractivity contribution in [2.45, 2.75) is 19.3 Å². The number of aliphatic hydroxyl groups is 1. The first-order valence-electron chi connectivity index (χ1n) is 3.28. The standard InChI is InChI=1S/C7H11ClO/c8-5-6-2-1-3-7(9)4-6/h4,6,9H,1-3,5H2. The molecule has 1 rings (SSSR count). The molecule has 0 heterocycles. The first-order chi connectivity index (χ1) is 4.33. The molecule has 0 aromatic rings. The van der Waals surface area contributed by atoms with Gasteiger partial charge in [0.2, 0.25) is 0 Å². The molecule has 1 aliphatic carbocycles. The maximum Gasteiger partial charge on any atom is 0.0886 e. The molecule has 52 valence electrons. The zero-order valence-electron chi connectivity index (χ0n) is 5.31. The first-order valence-corrected chi connectivity index (χ1v) is 3.82. The van der Waals surface area contributed by atoms with E-state index in [0.29, 0.717) is 17.6 Å². The Morgan fingerprint density at radius 2 is 2.56 bits per heavy atom. The average molecular weight is 147 g/mol. The smallest absolute Gasteiger partial charge is 0.0886 e. The highest BCUT2D eigenvalue weighted by Gasteiger charge is 2.10. The van der Waals surface area contributed by atoms with Crippen LogP contribution in [0.15, 0.2) is 11.8 Å². The van der Waals surface area contributed by atoms with Crippen molar-refractivity contribution in [3.63, 3.8) is 0 Å². The summed E-state index contributed by atoms with van der Waals surface area (Å²) >= 11 is 5.59. The highest BCUT2D eigenvalue weighted by Crippen LogP contribution is 2.21. The second-order valence-corrected chi connectivity index (χ2v) is 2.77. The molecule has 0 bridgehead atoms. The second kappa shape index (κ2) is 3.11. The molecular formula is C7H11ClO. The molecule has 0 radical (unpaired) electrons. The van der Waals surface area contributed by atoms with Gasteiger partial charge in [-0.2, -0.15) is 0 Å². The fraction of sp³-hybridized carbons (Fsp3) is 0.714. The van der Waals surface area contributed by atoms with Gasteiger partial charge in [-0.3, -0.25) is 0 Å². The summed E-state index contributed by atoms with van der Waals surface area (Å²) in [6.45, 7) is 0. The van der Waals surface area contributed by atoms with Crippen LogP contribution in [-0.2, 0) is 0 Å². The molecule has 0 saturated carbocycles. The summed E-state index contributed by atoms with van der Waals surface area (Å²) in [5, 5.41) is 9.01. The molecule has 0 fully saturated rings. The topological polar surface area (TPSA) is 20.2 Å². The molecule has 0 spiro atoms. The zero-order chi connectivity index (χ0) is 6.69. The van der Waals surface area contributed by atoms with Gasteiger partial charge in [0.15, 0.2) is 0 Å². The fourth-order valence-electron chi connectivity index (χ4n) is 1.11. The monoisotopic (exact) mass is 146 g/mol. The van der Waals surface area contributed by atoms with Gasteiger partial charge in [0.1, 0.15) is 0 Å². The summed E-state index contributed by atoms with van der Waals surface area (Å²) < 4.78 is 0. The third kappa shape index (κ3) is 1.90. The van der Waals surface area contributed by atoms with Gasteiger partial charge in [0.25, 0.3) is 0 Å². The molecule has 2 heteroatoms. The van der Waals surface area contributed by atoms with Gasteiger partial charge < -0.3 is 5.11 Å². The lowest BCUT2D eigenvalue weighted by molar-refractivity contribution is 0.353. The second-order valence-electron chi connectivity index (χ2n) is 2.46. The number of hydrogen-bond donors (Lipinski definition) is 1. The molecule has 0 aliphatic heterocycles. The van der Waals surface area contributed by atoms with Gasteiger partial charge >= 0.3 is 0 Å². The zero-order valence-corrected chi connectivity index (χ0v) is 6.06. The van der Waals surface area contributed by atoms with E-state index in [1.807, 2.05) is 6.08 Å². The van der Waals surface area contributed by atoms with Crippen LogP contribution in [0.3, 0.4) is 0 Å². The Morgan fingerprint density at radius 1 is 1.78 bits per heavy atom. The molecule has 1 nitrogen and oxygen atoms in total. The van der Waals surface area contributed by atoms with Crippen molar-refractivity contribution in [2.75, 3.05) is 5.88 Å². The van der Waals surface area contributed by atoms with Crippen LogP contribution in [0.5, 0.6) is 0 Å². The number of aliphatic hydroxyl groups excluding tert-OH is 1. The lowest BCUT2D eigenvalue weighted by atomic mass is 9.97. The summed E-state index contributed by atoms with van der Waals surface area (Å²) in [5.41, 5.74) is 0. The van der Waals surface area contributed by atoms with E-state index in [1.54, 1.807) is 0 Å². The van der Waals surface area contributed by atoms with Crippen molar-refractivity contribution in [3.8, 4) is 0 Å². The molecule has 0 amide bonds. The molecule has 1 unspecified atom stereocenters. The lowest BCUT2D eigenvalue weighted by Crippen LogP contribution is -2.05. The lowest BCUT2D eigenvalue weighted by Gasteiger charge is -2.14. The number of halogens is 1. The predicted octanol–water partition coefficient (Wildman–Crippen LogP) is 2.47. The van der Waals surface area contributed by atoms with E-state index in [-0.39, 0.29) is 0 Å². The summed E-state index contributed by atoms with van der Waals surface area (Å²) in [6, 6.07) is 0. The van der Waals surface area contributed by atoms with E-state index in [9.17, 15) is 0 Å². The van der Waals surface area contributed by atoms with Gasteiger partial charge in [-0.25, -0.2) is 0 Å². The van der Waals surface area contributed by atoms with Crippen LogP contribution in [0.25, 0.3) is 0 Å². The Kier molecular flexibility index (Phi) is 2.40. The van der Waals surface area contributed by atoms with Crippen molar-refractivity contribution in [1.29, 1.82) is 0 Å². The maximum atomic E-state index is 9.01. The van der Waals surface area contributed by atoms with Crippen LogP contribution in [0.1, 0.15) is 19.3 Å². The van der Waals surface area contributed by atoms with E-state index in [1.165, 1.54) is 0 Å². The van der Waals surface area contributed by atoms with Crippen molar-refractivity contribution in [2.24, 2.45) is 5.92 Å². The largest absolute Gasteiger partial charge is 0.513 e. The van der Waals surface area contributed by atoms with Crippen molar-refractivity contribution in [1.82, 2.24) is 0 Å². The minimum absolute atomic E-state index is 0.417. The van der Waals surface area contributed by atoms with Gasteiger partial charge in [-0.05, 0) is 24.8 Å². The molecule has 0 saturated heterocycles. The quantitative estimate of drug-likeness (QED) is 0.564. The highest BCUT2D eigenvalue weighted by atomic mass is 35.5. The first kappa shape index (κ1) is 6.94.